The van der Waals surface area contributed by atoms with Crippen molar-refractivity contribution in [3.05, 3.63) is 41.5 Å². The highest BCUT2D eigenvalue weighted by atomic mass is 16.1. The van der Waals surface area contributed by atoms with Gasteiger partial charge in [0.2, 0.25) is 5.91 Å². The molecular weight excluding hydrogens is 306 g/mol. The summed E-state index contributed by atoms with van der Waals surface area (Å²) < 4.78 is 1.85. The molecule has 0 radical (unpaired) electrons. The van der Waals surface area contributed by atoms with Crippen molar-refractivity contribution in [1.82, 2.24) is 25.4 Å². The summed E-state index contributed by atoms with van der Waals surface area (Å²) in [5, 5.41) is 13.3. The molecule has 0 aliphatic heterocycles. The lowest BCUT2D eigenvalue weighted by Gasteiger charge is -2.12. The molecule has 0 spiro atoms. The molecule has 2 rings (SSSR count). The Morgan fingerprint density at radius 2 is 2.12 bits per heavy atom. The van der Waals surface area contributed by atoms with E-state index in [0.717, 1.165) is 17.0 Å². The normalized spacial score (nSPS) is 11.2. The number of amides is 1. The van der Waals surface area contributed by atoms with Crippen molar-refractivity contribution >= 4 is 17.6 Å². The van der Waals surface area contributed by atoms with Gasteiger partial charge in [0.15, 0.2) is 5.96 Å². The minimum atomic E-state index is -0.167. The van der Waals surface area contributed by atoms with Crippen LogP contribution in [0.1, 0.15) is 17.0 Å². The Balaban J connectivity index is 1.83. The number of hydrogen-bond acceptors (Lipinski definition) is 4. The number of nitrogens with zero attached hydrogens (tertiary/aromatic N) is 4. The van der Waals surface area contributed by atoms with Gasteiger partial charge in [-0.15, -0.1) is 0 Å². The molecule has 0 bridgehead atoms. The van der Waals surface area contributed by atoms with E-state index in [9.17, 15) is 4.79 Å². The van der Waals surface area contributed by atoms with E-state index in [1.54, 1.807) is 31.6 Å². The van der Waals surface area contributed by atoms with Gasteiger partial charge in [0, 0.05) is 38.1 Å². The van der Waals surface area contributed by atoms with Crippen LogP contribution in [-0.4, -0.2) is 40.2 Å². The molecular formula is C16H23N7O. The Hall–Kier alpha value is -2.90. The van der Waals surface area contributed by atoms with Gasteiger partial charge in [0.05, 0.1) is 24.1 Å². The lowest BCUT2D eigenvalue weighted by molar-refractivity contribution is -0.115. The van der Waals surface area contributed by atoms with Gasteiger partial charge in [0.25, 0.3) is 0 Å². The first kappa shape index (κ1) is 17.5. The van der Waals surface area contributed by atoms with Crippen LogP contribution in [0.2, 0.25) is 0 Å². The number of nitrogens with one attached hydrogen (secondary N) is 3. The van der Waals surface area contributed by atoms with Crippen molar-refractivity contribution in [2.24, 2.45) is 12.0 Å². The summed E-state index contributed by atoms with van der Waals surface area (Å²) in [4.78, 5) is 20.0. The van der Waals surface area contributed by atoms with Gasteiger partial charge in [0.1, 0.15) is 0 Å². The van der Waals surface area contributed by atoms with Crippen molar-refractivity contribution in [2.75, 3.05) is 18.9 Å². The Bertz CT molecular complexity index is 722. The lowest BCUT2D eigenvalue weighted by Crippen LogP contribution is -2.41. The second kappa shape index (κ2) is 8.09. The standard InChI is InChI=1S/C16H23N7O/c1-11-14(12(2)23(4)22-11)9-19-16(17-3)20-10-15(24)21-13-6-5-7-18-8-13/h5-8H,9-10H2,1-4H3,(H,21,24)(H2,17,19,20). The molecule has 8 nitrogen and oxygen atoms in total. The van der Waals surface area contributed by atoms with Crippen LogP contribution in [0.25, 0.3) is 0 Å². The van der Waals surface area contributed by atoms with Crippen molar-refractivity contribution in [3.8, 4) is 0 Å². The van der Waals surface area contributed by atoms with Crippen molar-refractivity contribution in [2.45, 2.75) is 20.4 Å². The number of aromatic nitrogens is 3. The maximum atomic E-state index is 11.9. The fourth-order valence-corrected chi connectivity index (χ4v) is 2.27. The van der Waals surface area contributed by atoms with E-state index in [2.05, 4.69) is 31.0 Å². The van der Waals surface area contributed by atoms with Gasteiger partial charge in [-0.1, -0.05) is 0 Å². The molecule has 0 aliphatic carbocycles. The van der Waals surface area contributed by atoms with E-state index < -0.39 is 0 Å². The van der Waals surface area contributed by atoms with Crippen LogP contribution in [0.4, 0.5) is 5.69 Å². The third-order valence-corrected chi connectivity index (χ3v) is 3.68. The number of carbonyl (C=O) groups excluding carboxylic acids is 1. The zero-order valence-electron chi connectivity index (χ0n) is 14.4. The number of aliphatic imine (C=N–C) groups is 1. The molecule has 0 saturated heterocycles. The van der Waals surface area contributed by atoms with Crippen molar-refractivity contribution < 1.29 is 4.79 Å². The number of pyridine rings is 1. The molecule has 0 fully saturated rings. The second-order valence-corrected chi connectivity index (χ2v) is 5.34. The summed E-state index contributed by atoms with van der Waals surface area (Å²) in [6, 6.07) is 3.55. The predicted octanol–water partition coefficient (Wildman–Crippen LogP) is 0.736. The molecule has 128 valence electrons. The molecule has 1 amide bonds. The van der Waals surface area contributed by atoms with Crippen LogP contribution < -0.4 is 16.0 Å². The minimum Gasteiger partial charge on any atom is -0.352 e. The second-order valence-electron chi connectivity index (χ2n) is 5.34. The number of aryl methyl sites for hydroxylation is 2. The Morgan fingerprint density at radius 3 is 2.71 bits per heavy atom. The third kappa shape index (κ3) is 4.55. The highest BCUT2D eigenvalue weighted by Crippen LogP contribution is 2.10. The first-order valence-electron chi connectivity index (χ1n) is 7.64. The van der Waals surface area contributed by atoms with E-state index >= 15 is 0 Å². The molecule has 2 heterocycles. The Morgan fingerprint density at radius 1 is 1.33 bits per heavy atom. The summed E-state index contributed by atoms with van der Waals surface area (Å²) >= 11 is 0. The topological polar surface area (TPSA) is 96.2 Å². The van der Waals surface area contributed by atoms with Crippen LogP contribution in [0.5, 0.6) is 0 Å². The Kier molecular flexibility index (Phi) is 5.89. The quantitative estimate of drug-likeness (QED) is 0.555. The fraction of sp³-hybridized carbons (Fsp3) is 0.375. The number of carbonyl (C=O) groups is 1. The van der Waals surface area contributed by atoms with E-state index in [1.165, 1.54) is 0 Å². The van der Waals surface area contributed by atoms with E-state index in [-0.39, 0.29) is 12.5 Å². The number of rotatable bonds is 5. The van der Waals surface area contributed by atoms with Crippen LogP contribution in [0.3, 0.4) is 0 Å². The summed E-state index contributed by atoms with van der Waals surface area (Å²) in [7, 11) is 3.58. The van der Waals surface area contributed by atoms with Crippen molar-refractivity contribution in [1.29, 1.82) is 0 Å². The van der Waals surface area contributed by atoms with Crippen molar-refractivity contribution in [3.63, 3.8) is 0 Å². The maximum Gasteiger partial charge on any atom is 0.243 e. The summed E-state index contributed by atoms with van der Waals surface area (Å²) in [6.07, 6.45) is 3.25. The fourth-order valence-electron chi connectivity index (χ4n) is 2.27. The average molecular weight is 329 g/mol. The summed E-state index contributed by atoms with van der Waals surface area (Å²) in [6.45, 7) is 4.70. The van der Waals surface area contributed by atoms with E-state index in [4.69, 9.17) is 0 Å². The molecule has 24 heavy (non-hydrogen) atoms. The van der Waals surface area contributed by atoms with Gasteiger partial charge in [-0.3, -0.25) is 19.5 Å². The van der Waals surface area contributed by atoms with Gasteiger partial charge in [-0.25, -0.2) is 0 Å². The zero-order valence-corrected chi connectivity index (χ0v) is 14.4. The molecule has 0 atom stereocenters. The number of anilines is 1. The first-order valence-corrected chi connectivity index (χ1v) is 7.64. The van der Waals surface area contributed by atoms with E-state index in [1.807, 2.05) is 25.6 Å². The maximum absolute atomic E-state index is 11.9. The van der Waals surface area contributed by atoms with Crippen LogP contribution in [0.15, 0.2) is 29.5 Å². The molecule has 2 aromatic heterocycles. The highest BCUT2D eigenvalue weighted by molar-refractivity contribution is 5.94. The molecule has 2 aromatic rings. The van der Waals surface area contributed by atoms with E-state index in [0.29, 0.717) is 18.2 Å². The molecule has 3 N–H and O–H groups in total. The SMILES string of the molecule is CN=C(NCC(=O)Nc1cccnc1)NCc1c(C)nn(C)c1C. The molecule has 0 unspecified atom stereocenters. The number of hydrogen-bond donors (Lipinski definition) is 3. The van der Waals surface area contributed by atoms with Gasteiger partial charge < -0.3 is 16.0 Å². The molecule has 0 aliphatic rings. The zero-order chi connectivity index (χ0) is 17.5. The number of guanidine groups is 1. The highest BCUT2D eigenvalue weighted by Gasteiger charge is 2.10. The minimum absolute atomic E-state index is 0.111. The smallest absolute Gasteiger partial charge is 0.243 e. The van der Waals surface area contributed by atoms with Gasteiger partial charge in [-0.05, 0) is 26.0 Å². The largest absolute Gasteiger partial charge is 0.352 e. The van der Waals surface area contributed by atoms with Gasteiger partial charge >= 0.3 is 0 Å². The lowest BCUT2D eigenvalue weighted by atomic mass is 10.2. The molecule has 8 heteroatoms. The summed E-state index contributed by atoms with van der Waals surface area (Å²) in [5.41, 5.74) is 3.87. The monoisotopic (exact) mass is 329 g/mol. The molecule has 0 aromatic carbocycles. The molecule has 0 saturated carbocycles. The predicted molar refractivity (Wildman–Crippen MR) is 93.8 cm³/mol. The van der Waals surface area contributed by atoms with Crippen LogP contribution in [-0.2, 0) is 18.4 Å². The Labute approximate surface area is 141 Å². The van der Waals surface area contributed by atoms with Crippen LogP contribution in [0, 0.1) is 13.8 Å². The average Bonchev–Trinajstić information content (AvgIpc) is 2.81. The van der Waals surface area contributed by atoms with Crippen LogP contribution >= 0.6 is 0 Å². The summed E-state index contributed by atoms with van der Waals surface area (Å²) in [5.74, 6) is 0.388. The third-order valence-electron chi connectivity index (χ3n) is 3.68. The first-order chi connectivity index (χ1) is 11.5. The van der Waals surface area contributed by atoms with Gasteiger partial charge in [-0.2, -0.15) is 5.10 Å².